The quantitative estimate of drug-likeness (QED) is 0.930. The maximum absolute atomic E-state index is 11.3. The Balaban J connectivity index is 1.82. The SMILES string of the molecule is COc1ccc(CN2CCOc3c(cccc3C(=O)O)C2)c(C)n1. The third-order valence-electron chi connectivity index (χ3n) is 4.15. The van der Waals surface area contributed by atoms with Crippen LogP contribution in [0.25, 0.3) is 0 Å². The summed E-state index contributed by atoms with van der Waals surface area (Å²) in [6, 6.07) is 9.12. The zero-order valence-electron chi connectivity index (χ0n) is 13.8. The Morgan fingerprint density at radius 3 is 2.92 bits per heavy atom. The molecule has 1 N–H and O–H groups in total. The highest BCUT2D eigenvalue weighted by Crippen LogP contribution is 2.28. The molecule has 24 heavy (non-hydrogen) atoms. The van der Waals surface area contributed by atoms with Crippen LogP contribution in [0.3, 0.4) is 0 Å². The molecular weight excluding hydrogens is 308 g/mol. The molecule has 2 aromatic rings. The summed E-state index contributed by atoms with van der Waals surface area (Å²) in [4.78, 5) is 18.0. The largest absolute Gasteiger partial charge is 0.491 e. The molecule has 0 spiro atoms. The summed E-state index contributed by atoms with van der Waals surface area (Å²) in [5.74, 6) is 0.125. The fourth-order valence-electron chi connectivity index (χ4n) is 2.87. The van der Waals surface area contributed by atoms with E-state index in [1.165, 1.54) is 0 Å². The van der Waals surface area contributed by atoms with Gasteiger partial charge in [0.25, 0.3) is 0 Å². The van der Waals surface area contributed by atoms with Gasteiger partial charge in [-0.25, -0.2) is 9.78 Å². The van der Waals surface area contributed by atoms with E-state index in [1.807, 2.05) is 25.1 Å². The van der Waals surface area contributed by atoms with Crippen molar-refractivity contribution in [2.45, 2.75) is 20.0 Å². The van der Waals surface area contributed by atoms with Crippen molar-refractivity contribution in [3.63, 3.8) is 0 Å². The summed E-state index contributed by atoms with van der Waals surface area (Å²) in [5.41, 5.74) is 3.16. The number of aromatic nitrogens is 1. The first-order chi connectivity index (χ1) is 11.6. The van der Waals surface area contributed by atoms with Gasteiger partial charge in [0.2, 0.25) is 5.88 Å². The average Bonchev–Trinajstić information content (AvgIpc) is 2.77. The monoisotopic (exact) mass is 328 g/mol. The number of methoxy groups -OCH3 is 1. The smallest absolute Gasteiger partial charge is 0.339 e. The predicted octanol–water partition coefficient (Wildman–Crippen LogP) is 2.49. The van der Waals surface area contributed by atoms with Crippen molar-refractivity contribution in [3.8, 4) is 11.6 Å². The number of pyridine rings is 1. The number of hydrogen-bond acceptors (Lipinski definition) is 5. The van der Waals surface area contributed by atoms with Gasteiger partial charge in [-0.05, 0) is 18.6 Å². The molecule has 0 radical (unpaired) electrons. The van der Waals surface area contributed by atoms with Gasteiger partial charge in [-0.15, -0.1) is 0 Å². The maximum atomic E-state index is 11.3. The number of carbonyl (C=O) groups is 1. The minimum absolute atomic E-state index is 0.219. The lowest BCUT2D eigenvalue weighted by Gasteiger charge is -2.20. The fraction of sp³-hybridized carbons (Fsp3) is 0.333. The Kier molecular flexibility index (Phi) is 4.66. The average molecular weight is 328 g/mol. The zero-order chi connectivity index (χ0) is 17.1. The number of fused-ring (bicyclic) bond motifs is 1. The van der Waals surface area contributed by atoms with E-state index in [9.17, 15) is 9.90 Å². The van der Waals surface area contributed by atoms with E-state index >= 15 is 0 Å². The molecule has 0 fully saturated rings. The van der Waals surface area contributed by atoms with Crippen LogP contribution in [0.1, 0.15) is 27.2 Å². The number of benzene rings is 1. The second-order valence-corrected chi connectivity index (χ2v) is 5.76. The summed E-state index contributed by atoms with van der Waals surface area (Å²) in [7, 11) is 1.60. The van der Waals surface area contributed by atoms with E-state index in [-0.39, 0.29) is 5.56 Å². The number of carboxylic acids is 1. The molecule has 0 unspecified atom stereocenters. The molecule has 6 heteroatoms. The Morgan fingerprint density at radius 1 is 1.38 bits per heavy atom. The summed E-state index contributed by atoms with van der Waals surface area (Å²) in [6.07, 6.45) is 0. The van der Waals surface area contributed by atoms with Crippen molar-refractivity contribution in [1.82, 2.24) is 9.88 Å². The number of para-hydroxylation sites is 1. The third kappa shape index (κ3) is 3.33. The van der Waals surface area contributed by atoms with E-state index in [0.29, 0.717) is 24.8 Å². The molecule has 0 amide bonds. The zero-order valence-corrected chi connectivity index (χ0v) is 13.8. The number of hydrogen-bond donors (Lipinski definition) is 1. The van der Waals surface area contributed by atoms with Crippen molar-refractivity contribution in [3.05, 3.63) is 52.7 Å². The van der Waals surface area contributed by atoms with Crippen LogP contribution in [0.2, 0.25) is 0 Å². The second kappa shape index (κ2) is 6.88. The predicted molar refractivity (Wildman–Crippen MR) is 88.5 cm³/mol. The van der Waals surface area contributed by atoms with Crippen molar-refractivity contribution in [1.29, 1.82) is 0 Å². The lowest BCUT2D eigenvalue weighted by molar-refractivity contribution is 0.0692. The molecule has 1 aromatic carbocycles. The van der Waals surface area contributed by atoms with Crippen LogP contribution in [0.5, 0.6) is 11.6 Å². The van der Waals surface area contributed by atoms with Crippen molar-refractivity contribution < 1.29 is 19.4 Å². The normalized spacial score (nSPS) is 14.4. The standard InChI is InChI=1S/C18H20N2O4/c1-12-13(6-7-16(19-12)23-2)10-20-8-9-24-17-14(11-20)4-3-5-15(17)18(21)22/h3-7H,8-11H2,1-2H3,(H,21,22). The van der Waals surface area contributed by atoms with Crippen LogP contribution in [0.4, 0.5) is 0 Å². The minimum atomic E-state index is -0.963. The van der Waals surface area contributed by atoms with Gasteiger partial charge in [0, 0.05) is 37.0 Å². The molecule has 1 aromatic heterocycles. The van der Waals surface area contributed by atoms with Gasteiger partial charge in [0.05, 0.1) is 7.11 Å². The minimum Gasteiger partial charge on any atom is -0.491 e. The van der Waals surface area contributed by atoms with E-state index in [0.717, 1.165) is 29.9 Å². The lowest BCUT2D eigenvalue weighted by atomic mass is 10.1. The highest BCUT2D eigenvalue weighted by molar-refractivity contribution is 5.91. The van der Waals surface area contributed by atoms with E-state index in [4.69, 9.17) is 9.47 Å². The lowest BCUT2D eigenvalue weighted by Crippen LogP contribution is -2.25. The van der Waals surface area contributed by atoms with Crippen LogP contribution in [0, 0.1) is 6.92 Å². The van der Waals surface area contributed by atoms with Gasteiger partial charge < -0.3 is 14.6 Å². The van der Waals surface area contributed by atoms with Crippen LogP contribution in [-0.4, -0.2) is 41.2 Å². The highest BCUT2D eigenvalue weighted by Gasteiger charge is 2.21. The van der Waals surface area contributed by atoms with Crippen LogP contribution in [0.15, 0.2) is 30.3 Å². The number of rotatable bonds is 4. The molecule has 0 atom stereocenters. The molecular formula is C18H20N2O4. The van der Waals surface area contributed by atoms with Gasteiger partial charge in [0.15, 0.2) is 0 Å². The molecule has 0 bridgehead atoms. The molecule has 126 valence electrons. The Morgan fingerprint density at radius 2 is 2.21 bits per heavy atom. The molecule has 0 saturated carbocycles. The summed E-state index contributed by atoms with van der Waals surface area (Å²) >= 11 is 0. The first-order valence-corrected chi connectivity index (χ1v) is 7.79. The Bertz CT molecular complexity index is 761. The Labute approximate surface area is 140 Å². The van der Waals surface area contributed by atoms with Gasteiger partial charge in [0.1, 0.15) is 17.9 Å². The molecule has 1 aliphatic heterocycles. The summed E-state index contributed by atoms with van der Waals surface area (Å²) < 4.78 is 10.9. The van der Waals surface area contributed by atoms with Gasteiger partial charge in [-0.1, -0.05) is 18.2 Å². The molecule has 0 saturated heterocycles. The van der Waals surface area contributed by atoms with Gasteiger partial charge in [-0.2, -0.15) is 0 Å². The van der Waals surface area contributed by atoms with Crippen molar-refractivity contribution >= 4 is 5.97 Å². The van der Waals surface area contributed by atoms with Crippen LogP contribution in [-0.2, 0) is 13.1 Å². The molecule has 2 heterocycles. The first-order valence-electron chi connectivity index (χ1n) is 7.79. The van der Waals surface area contributed by atoms with E-state index in [2.05, 4.69) is 9.88 Å². The number of aromatic carboxylic acids is 1. The molecule has 3 rings (SSSR count). The Hall–Kier alpha value is -2.60. The highest BCUT2D eigenvalue weighted by atomic mass is 16.5. The number of aryl methyl sites for hydroxylation is 1. The van der Waals surface area contributed by atoms with Crippen molar-refractivity contribution in [2.75, 3.05) is 20.3 Å². The van der Waals surface area contributed by atoms with E-state index < -0.39 is 5.97 Å². The maximum Gasteiger partial charge on any atom is 0.339 e. The second-order valence-electron chi connectivity index (χ2n) is 5.76. The number of ether oxygens (including phenoxy) is 2. The topological polar surface area (TPSA) is 71.9 Å². The summed E-state index contributed by atoms with van der Waals surface area (Å²) in [5, 5.41) is 9.31. The van der Waals surface area contributed by atoms with Gasteiger partial charge >= 0.3 is 5.97 Å². The van der Waals surface area contributed by atoms with Crippen molar-refractivity contribution in [2.24, 2.45) is 0 Å². The first kappa shape index (κ1) is 16.3. The van der Waals surface area contributed by atoms with Gasteiger partial charge in [-0.3, -0.25) is 4.90 Å². The molecule has 1 aliphatic rings. The summed E-state index contributed by atoms with van der Waals surface area (Å²) in [6.45, 7) is 4.51. The number of nitrogens with zero attached hydrogens (tertiary/aromatic N) is 2. The van der Waals surface area contributed by atoms with Crippen LogP contribution >= 0.6 is 0 Å². The van der Waals surface area contributed by atoms with E-state index in [1.54, 1.807) is 19.2 Å². The molecule has 6 nitrogen and oxygen atoms in total. The third-order valence-corrected chi connectivity index (χ3v) is 4.15. The number of carboxylic acid groups (broad SMARTS) is 1. The molecule has 0 aliphatic carbocycles. The fourth-order valence-corrected chi connectivity index (χ4v) is 2.87. The van der Waals surface area contributed by atoms with Crippen LogP contribution < -0.4 is 9.47 Å².